The molecule has 0 aliphatic heterocycles. The number of pyridine rings is 1. The molecule has 3 fully saturated rings. The number of fused-ring (bicyclic) bond motifs is 6. The highest BCUT2D eigenvalue weighted by Gasteiger charge is 2.59. The summed E-state index contributed by atoms with van der Waals surface area (Å²) in [7, 11) is -4.67. The van der Waals surface area contributed by atoms with E-state index in [9.17, 15) is 9.59 Å². The number of hydrogen-bond donors (Lipinski definition) is 4. The quantitative estimate of drug-likeness (QED) is 0.195. The highest BCUT2D eigenvalue weighted by atomic mass is 35.5. The van der Waals surface area contributed by atoms with Gasteiger partial charge in [-0.15, -0.1) is 0 Å². The Kier molecular flexibility index (Phi) is 13.2. The Hall–Kier alpha value is -2.93. The maximum Gasteiger partial charge on any atom is 0.394 e. The van der Waals surface area contributed by atoms with Crippen LogP contribution in [-0.2, 0) is 20.0 Å². The monoisotopic (exact) mass is 729 g/mol. The lowest BCUT2D eigenvalue weighted by Crippen LogP contribution is -2.50. The predicted molar refractivity (Wildman–Crippen MR) is 199 cm³/mol. The topological polar surface area (TPSA) is 157 Å². The number of ketones is 2. The van der Waals surface area contributed by atoms with Crippen LogP contribution in [0.2, 0.25) is 5.02 Å². The van der Waals surface area contributed by atoms with Gasteiger partial charge in [0, 0.05) is 52.1 Å². The Morgan fingerprint density at radius 3 is 2.54 bits per heavy atom. The summed E-state index contributed by atoms with van der Waals surface area (Å²) in [5.41, 5.74) is 4.10. The van der Waals surface area contributed by atoms with Crippen LogP contribution in [0.3, 0.4) is 0 Å². The zero-order valence-electron chi connectivity index (χ0n) is 29.6. The van der Waals surface area contributed by atoms with Crippen molar-refractivity contribution in [2.45, 2.75) is 78.7 Å². The number of anilines is 1. The summed E-state index contributed by atoms with van der Waals surface area (Å²) in [6.07, 6.45) is 14.5. The summed E-state index contributed by atoms with van der Waals surface area (Å²) < 4.78 is 31.6. The zero-order valence-corrected chi connectivity index (χ0v) is 31.1. The fourth-order valence-electron chi connectivity index (χ4n) is 8.75. The zero-order chi connectivity index (χ0) is 36.9. The molecule has 6 atom stereocenters. The Bertz CT molecular complexity index is 1740. The molecule has 2 aromatic rings. The highest BCUT2D eigenvalue weighted by molar-refractivity contribution is 7.79. The fourth-order valence-corrected chi connectivity index (χ4v) is 8.92. The van der Waals surface area contributed by atoms with Crippen molar-refractivity contribution in [3.05, 3.63) is 71.4 Å². The number of likely N-dealkylation sites (N-methyl/N-ethyl adjacent to an activating group) is 1. The molecule has 6 rings (SSSR count). The van der Waals surface area contributed by atoms with Crippen LogP contribution in [0.1, 0.15) is 72.6 Å². The van der Waals surface area contributed by atoms with Crippen LogP contribution in [0.15, 0.2) is 66.4 Å². The maximum absolute atomic E-state index is 12.4. The highest BCUT2D eigenvalue weighted by Crippen LogP contribution is 2.64. The van der Waals surface area contributed by atoms with E-state index in [4.69, 9.17) is 34.2 Å². The second-order valence-corrected chi connectivity index (χ2v) is 15.8. The SMILES string of the molecule is C=C1C[C@@H]2[C@H](CC[C@]3(C)C(=O)CC[C@@H]23)[C@@]2(C)C=CC(=O)C=C12.CCN(CCO)CCCC(C)Nc1ccnc2cc(Cl)ccc12.O=S(=O)(O)O. The summed E-state index contributed by atoms with van der Waals surface area (Å²) in [6, 6.07) is 8.19. The third kappa shape index (κ3) is 9.48. The minimum absolute atomic E-state index is 0.0686. The normalized spacial score (nSPS) is 27.7. The van der Waals surface area contributed by atoms with Gasteiger partial charge >= 0.3 is 10.4 Å². The van der Waals surface area contributed by atoms with Gasteiger partial charge in [-0.1, -0.05) is 50.6 Å². The molecule has 4 aliphatic rings. The van der Waals surface area contributed by atoms with Gasteiger partial charge < -0.3 is 15.3 Å². The first-order valence-corrected chi connectivity index (χ1v) is 19.3. The number of carbonyl (C=O) groups excluding carboxylic acids is 2. The molecule has 0 bridgehead atoms. The Morgan fingerprint density at radius 1 is 1.14 bits per heavy atom. The third-order valence-electron chi connectivity index (χ3n) is 11.3. The average Bonchev–Trinajstić information content (AvgIpc) is 3.35. The number of halogens is 1. The van der Waals surface area contributed by atoms with Gasteiger partial charge in [0.1, 0.15) is 5.78 Å². The second kappa shape index (κ2) is 16.6. The summed E-state index contributed by atoms with van der Waals surface area (Å²) in [6.45, 7) is 16.1. The number of nitrogens with zero attached hydrogens (tertiary/aromatic N) is 2. The van der Waals surface area contributed by atoms with Crippen molar-refractivity contribution < 1.29 is 32.2 Å². The molecular weight excluding hydrogens is 678 g/mol. The number of hydrogen-bond acceptors (Lipinski definition) is 8. The first-order chi connectivity index (χ1) is 23.5. The van der Waals surface area contributed by atoms with Crippen molar-refractivity contribution in [1.29, 1.82) is 0 Å². The van der Waals surface area contributed by atoms with E-state index < -0.39 is 10.4 Å². The molecule has 12 heteroatoms. The minimum Gasteiger partial charge on any atom is -0.395 e. The molecule has 4 N–H and O–H groups in total. The Balaban J connectivity index is 0.000000198. The first-order valence-electron chi connectivity index (χ1n) is 17.5. The first kappa shape index (κ1) is 39.8. The number of Topliss-reactive ketones (excluding diaryl/α,β-unsaturated/α-hetero) is 1. The Labute approximate surface area is 301 Å². The molecule has 1 aromatic carbocycles. The van der Waals surface area contributed by atoms with E-state index in [1.54, 1.807) is 12.2 Å². The molecule has 4 aliphatic carbocycles. The predicted octanol–water partition coefficient (Wildman–Crippen LogP) is 7.16. The summed E-state index contributed by atoms with van der Waals surface area (Å²) in [5, 5.41) is 14.4. The number of nitrogens with one attached hydrogen (secondary N) is 1. The largest absolute Gasteiger partial charge is 0.395 e. The molecule has 274 valence electrons. The Morgan fingerprint density at radius 2 is 1.86 bits per heavy atom. The number of aliphatic hydroxyl groups excluding tert-OH is 1. The molecule has 0 amide bonds. The molecule has 0 spiro atoms. The van der Waals surface area contributed by atoms with Crippen LogP contribution < -0.4 is 5.32 Å². The maximum atomic E-state index is 12.4. The van der Waals surface area contributed by atoms with Crippen molar-refractivity contribution in [3.63, 3.8) is 0 Å². The number of allylic oxidation sites excluding steroid dienone is 5. The van der Waals surface area contributed by atoms with Gasteiger partial charge in [-0.2, -0.15) is 8.42 Å². The number of aliphatic hydroxyl groups is 1. The van der Waals surface area contributed by atoms with E-state index in [1.807, 2.05) is 30.5 Å². The smallest absolute Gasteiger partial charge is 0.394 e. The third-order valence-corrected chi connectivity index (χ3v) is 11.6. The van der Waals surface area contributed by atoms with Gasteiger partial charge in [0.05, 0.1) is 12.1 Å². The van der Waals surface area contributed by atoms with Crippen molar-refractivity contribution in [2.75, 3.05) is 31.6 Å². The second-order valence-electron chi connectivity index (χ2n) is 14.5. The van der Waals surface area contributed by atoms with Crippen LogP contribution in [0.25, 0.3) is 10.9 Å². The van der Waals surface area contributed by atoms with Gasteiger partial charge in [0.25, 0.3) is 0 Å². The van der Waals surface area contributed by atoms with Crippen molar-refractivity contribution in [2.24, 2.45) is 28.6 Å². The van der Waals surface area contributed by atoms with Crippen LogP contribution in [0.5, 0.6) is 0 Å². The number of benzene rings is 1. The average molecular weight is 730 g/mol. The van der Waals surface area contributed by atoms with E-state index in [1.165, 1.54) is 0 Å². The van der Waals surface area contributed by atoms with E-state index >= 15 is 0 Å². The van der Waals surface area contributed by atoms with Crippen molar-refractivity contribution in [3.8, 4) is 0 Å². The lowest BCUT2D eigenvalue weighted by atomic mass is 9.48. The van der Waals surface area contributed by atoms with Gasteiger partial charge in [0.2, 0.25) is 0 Å². The summed E-state index contributed by atoms with van der Waals surface area (Å²) in [4.78, 5) is 30.8. The molecule has 1 heterocycles. The van der Waals surface area contributed by atoms with Crippen LogP contribution in [0.4, 0.5) is 5.69 Å². The van der Waals surface area contributed by atoms with Crippen molar-refractivity contribution in [1.82, 2.24) is 9.88 Å². The molecule has 1 unspecified atom stereocenters. The molecule has 10 nitrogen and oxygen atoms in total. The van der Waals surface area contributed by atoms with E-state index in [2.05, 4.69) is 55.6 Å². The molecule has 1 aromatic heterocycles. The summed E-state index contributed by atoms with van der Waals surface area (Å²) >= 11 is 6.03. The van der Waals surface area contributed by atoms with E-state index in [0.29, 0.717) is 34.6 Å². The van der Waals surface area contributed by atoms with E-state index in [-0.39, 0.29) is 23.2 Å². The van der Waals surface area contributed by atoms with Crippen molar-refractivity contribution >= 4 is 50.2 Å². The molecule has 50 heavy (non-hydrogen) atoms. The lowest BCUT2D eigenvalue weighted by molar-refractivity contribution is -0.131. The van der Waals surface area contributed by atoms with Gasteiger partial charge in [-0.25, -0.2) is 0 Å². The number of aromatic nitrogens is 1. The van der Waals surface area contributed by atoms with Crippen LogP contribution in [-0.4, -0.2) is 76.4 Å². The minimum atomic E-state index is -4.67. The van der Waals surface area contributed by atoms with Gasteiger partial charge in [0.15, 0.2) is 5.78 Å². The molecular formula is C38H52ClN3O7S. The lowest BCUT2D eigenvalue weighted by Gasteiger charge is -2.56. The number of rotatable bonds is 9. The van der Waals surface area contributed by atoms with Crippen LogP contribution >= 0.6 is 11.6 Å². The molecule has 3 saturated carbocycles. The molecule has 0 saturated heterocycles. The van der Waals surface area contributed by atoms with Crippen LogP contribution in [0, 0.1) is 28.6 Å². The van der Waals surface area contributed by atoms with Gasteiger partial charge in [-0.05, 0) is 118 Å². The summed E-state index contributed by atoms with van der Waals surface area (Å²) in [5.74, 6) is 2.14. The number of carbonyl (C=O) groups is 2. The fraction of sp³-hybridized carbons (Fsp3) is 0.553. The van der Waals surface area contributed by atoms with Gasteiger partial charge in [-0.3, -0.25) is 23.7 Å². The van der Waals surface area contributed by atoms with E-state index in [0.717, 1.165) is 92.3 Å². The molecule has 0 radical (unpaired) electrons. The standard InChI is InChI=1S/C20H24O2.C18H26ClN3O.H2O4S/c1-12-10-14-15-4-5-18(22)20(15,3)9-7-16(14)19(2)8-6-13(21)11-17(12)19;1-3-22(11-12-23)10-4-5-14(2)21-17-8-9-20-18-13-15(19)6-7-16(17)18;1-5(2,3)4/h6,8,11,14-16H,1,4-5,7,9-10H2,2-3H3;6-9,13-14,23H,3-5,10-12H2,1-2H3,(H,20,21);(H2,1,2,3,4)/t14-,15-,16-,19+,20-;;/m0../s1.